The van der Waals surface area contributed by atoms with Gasteiger partial charge in [-0.15, -0.1) is 0 Å². The van der Waals surface area contributed by atoms with Crippen molar-refractivity contribution in [2.24, 2.45) is 0 Å². The molecule has 0 aliphatic heterocycles. The van der Waals surface area contributed by atoms with E-state index in [9.17, 15) is 14.0 Å². The highest BCUT2D eigenvalue weighted by atomic mass is 32.1. The van der Waals surface area contributed by atoms with Crippen LogP contribution in [-0.2, 0) is 16.0 Å². The Balaban J connectivity index is 2.01. The molecule has 5 nitrogen and oxygen atoms in total. The second-order valence-corrected chi connectivity index (χ2v) is 6.24. The molecule has 0 radical (unpaired) electrons. The molecule has 0 saturated carbocycles. The maximum atomic E-state index is 12.8. The molecule has 0 aliphatic rings. The van der Waals surface area contributed by atoms with Crippen LogP contribution in [-0.4, -0.2) is 23.0 Å². The molecule has 1 aromatic heterocycles. The number of amides is 1. The van der Waals surface area contributed by atoms with Gasteiger partial charge in [-0.2, -0.15) is 0 Å². The van der Waals surface area contributed by atoms with Gasteiger partial charge in [-0.05, 0) is 38.5 Å². The van der Waals surface area contributed by atoms with Crippen molar-refractivity contribution in [3.8, 4) is 0 Å². The lowest BCUT2D eigenvalue weighted by Gasteiger charge is -2.05. The quantitative estimate of drug-likeness (QED) is 0.850. The molecular weight excluding hydrogens is 319 g/mol. The monoisotopic (exact) mass is 336 g/mol. The van der Waals surface area contributed by atoms with E-state index >= 15 is 0 Å². The van der Waals surface area contributed by atoms with E-state index in [1.54, 1.807) is 32.9 Å². The maximum absolute atomic E-state index is 12.8. The van der Waals surface area contributed by atoms with Crippen molar-refractivity contribution in [2.75, 3.05) is 5.32 Å². The lowest BCUT2D eigenvalue weighted by molar-refractivity contribution is -0.115. The first-order valence-corrected chi connectivity index (χ1v) is 7.89. The van der Waals surface area contributed by atoms with Crippen LogP contribution in [0.25, 0.3) is 0 Å². The zero-order chi connectivity index (χ0) is 17.0. The van der Waals surface area contributed by atoms with Gasteiger partial charge in [-0.3, -0.25) is 4.79 Å². The van der Waals surface area contributed by atoms with Gasteiger partial charge in [0.15, 0.2) is 5.13 Å². The number of thiazole rings is 1. The molecule has 1 heterocycles. The van der Waals surface area contributed by atoms with E-state index < -0.39 is 5.97 Å². The van der Waals surface area contributed by atoms with Crippen LogP contribution in [0.2, 0.25) is 0 Å². The third-order valence-electron chi connectivity index (χ3n) is 2.85. The molecule has 1 aromatic carbocycles. The highest BCUT2D eigenvalue weighted by molar-refractivity contribution is 7.17. The Morgan fingerprint density at radius 2 is 1.96 bits per heavy atom. The number of nitrogens with one attached hydrogen (secondary N) is 1. The van der Waals surface area contributed by atoms with Gasteiger partial charge >= 0.3 is 5.97 Å². The number of hydrogen-bond donors (Lipinski definition) is 1. The minimum absolute atomic E-state index is 0.102. The largest absolute Gasteiger partial charge is 0.459 e. The molecule has 7 heteroatoms. The first-order valence-electron chi connectivity index (χ1n) is 7.08. The molecule has 2 aromatic rings. The van der Waals surface area contributed by atoms with Gasteiger partial charge in [0.1, 0.15) is 10.7 Å². The maximum Gasteiger partial charge on any atom is 0.350 e. The number of hydrogen-bond acceptors (Lipinski definition) is 5. The molecule has 0 saturated heterocycles. The Hall–Kier alpha value is -2.28. The zero-order valence-corrected chi connectivity index (χ0v) is 13.9. The summed E-state index contributed by atoms with van der Waals surface area (Å²) in [6.07, 6.45) is -0.120. The van der Waals surface area contributed by atoms with Gasteiger partial charge in [0.05, 0.1) is 18.2 Å². The van der Waals surface area contributed by atoms with Crippen LogP contribution in [0.1, 0.15) is 34.8 Å². The van der Waals surface area contributed by atoms with E-state index in [0.29, 0.717) is 21.3 Å². The fourth-order valence-electron chi connectivity index (χ4n) is 1.86. The molecule has 0 aliphatic carbocycles. The Labute approximate surface area is 137 Å². The van der Waals surface area contributed by atoms with E-state index in [2.05, 4.69) is 10.3 Å². The van der Waals surface area contributed by atoms with Crippen LogP contribution < -0.4 is 5.32 Å². The molecule has 0 atom stereocenters. The lowest BCUT2D eigenvalue weighted by atomic mass is 10.1. The summed E-state index contributed by atoms with van der Waals surface area (Å²) in [5.41, 5.74) is 1.20. The standard InChI is InChI=1S/C16H17FN2O3S/c1-9(2)22-15(21)14-10(3)18-16(23-14)19-13(20)8-11-4-6-12(17)7-5-11/h4-7,9H,8H2,1-3H3,(H,18,19,20). The molecular formula is C16H17FN2O3S. The molecule has 23 heavy (non-hydrogen) atoms. The summed E-state index contributed by atoms with van der Waals surface area (Å²) in [6.45, 7) is 5.21. The summed E-state index contributed by atoms with van der Waals surface area (Å²) in [5, 5.41) is 2.98. The molecule has 1 amide bonds. The zero-order valence-electron chi connectivity index (χ0n) is 13.1. The summed E-state index contributed by atoms with van der Waals surface area (Å²) < 4.78 is 18.0. The SMILES string of the molecule is Cc1nc(NC(=O)Cc2ccc(F)cc2)sc1C(=O)OC(C)C. The molecule has 2 rings (SSSR count). The number of anilines is 1. The van der Waals surface area contributed by atoms with Gasteiger partial charge in [0.2, 0.25) is 5.91 Å². The number of aryl methyl sites for hydroxylation is 1. The van der Waals surface area contributed by atoms with Gasteiger partial charge in [0.25, 0.3) is 0 Å². The van der Waals surface area contributed by atoms with Crippen molar-refractivity contribution in [1.29, 1.82) is 0 Å². The highest BCUT2D eigenvalue weighted by Crippen LogP contribution is 2.24. The van der Waals surface area contributed by atoms with Crippen LogP contribution in [0.5, 0.6) is 0 Å². The Morgan fingerprint density at radius 1 is 1.30 bits per heavy atom. The van der Waals surface area contributed by atoms with E-state index in [1.165, 1.54) is 12.1 Å². The number of rotatable bonds is 5. The summed E-state index contributed by atoms with van der Waals surface area (Å²) >= 11 is 1.07. The molecule has 0 bridgehead atoms. The fourth-order valence-corrected chi connectivity index (χ4v) is 2.72. The number of benzene rings is 1. The second-order valence-electron chi connectivity index (χ2n) is 5.24. The lowest BCUT2D eigenvalue weighted by Crippen LogP contribution is -2.14. The Morgan fingerprint density at radius 3 is 2.57 bits per heavy atom. The fraction of sp³-hybridized carbons (Fsp3) is 0.312. The minimum Gasteiger partial charge on any atom is -0.459 e. The van der Waals surface area contributed by atoms with Gasteiger partial charge < -0.3 is 10.1 Å². The van der Waals surface area contributed by atoms with E-state index in [0.717, 1.165) is 11.3 Å². The van der Waals surface area contributed by atoms with Crippen molar-refractivity contribution < 1.29 is 18.7 Å². The van der Waals surface area contributed by atoms with E-state index in [4.69, 9.17) is 4.74 Å². The minimum atomic E-state index is -0.450. The number of nitrogens with zero attached hydrogens (tertiary/aromatic N) is 1. The molecule has 0 spiro atoms. The first-order chi connectivity index (χ1) is 10.8. The molecule has 0 unspecified atom stereocenters. The summed E-state index contributed by atoms with van der Waals surface area (Å²) in [6, 6.07) is 5.70. The smallest absolute Gasteiger partial charge is 0.350 e. The third-order valence-corrected chi connectivity index (χ3v) is 3.90. The predicted molar refractivity (Wildman–Crippen MR) is 86.1 cm³/mol. The van der Waals surface area contributed by atoms with Crippen LogP contribution in [0.3, 0.4) is 0 Å². The van der Waals surface area contributed by atoms with Gasteiger partial charge in [-0.1, -0.05) is 23.5 Å². The highest BCUT2D eigenvalue weighted by Gasteiger charge is 2.18. The number of halogens is 1. The number of aromatic nitrogens is 1. The molecule has 1 N–H and O–H groups in total. The third kappa shape index (κ3) is 4.85. The van der Waals surface area contributed by atoms with Crippen molar-refractivity contribution in [3.05, 3.63) is 46.2 Å². The average molecular weight is 336 g/mol. The number of ether oxygens (including phenoxy) is 1. The molecule has 122 valence electrons. The van der Waals surface area contributed by atoms with Crippen LogP contribution in [0.4, 0.5) is 9.52 Å². The summed E-state index contributed by atoms with van der Waals surface area (Å²) in [5.74, 6) is -1.08. The summed E-state index contributed by atoms with van der Waals surface area (Å²) in [7, 11) is 0. The number of carbonyl (C=O) groups is 2. The normalized spacial score (nSPS) is 10.7. The average Bonchev–Trinajstić information content (AvgIpc) is 2.81. The van der Waals surface area contributed by atoms with Crippen LogP contribution >= 0.6 is 11.3 Å². The van der Waals surface area contributed by atoms with E-state index in [1.807, 2.05) is 0 Å². The van der Waals surface area contributed by atoms with Crippen molar-refractivity contribution in [1.82, 2.24) is 4.98 Å². The van der Waals surface area contributed by atoms with Crippen LogP contribution in [0, 0.1) is 12.7 Å². The Bertz CT molecular complexity index is 711. The van der Waals surface area contributed by atoms with Crippen molar-refractivity contribution >= 4 is 28.3 Å². The van der Waals surface area contributed by atoms with E-state index in [-0.39, 0.29) is 24.2 Å². The first kappa shape index (κ1) is 17.1. The second kappa shape index (κ2) is 7.32. The van der Waals surface area contributed by atoms with Crippen LogP contribution in [0.15, 0.2) is 24.3 Å². The summed E-state index contributed by atoms with van der Waals surface area (Å²) in [4.78, 5) is 28.4. The number of carbonyl (C=O) groups excluding carboxylic acids is 2. The predicted octanol–water partition coefficient (Wildman–Crippen LogP) is 3.34. The van der Waals surface area contributed by atoms with Crippen molar-refractivity contribution in [2.45, 2.75) is 33.3 Å². The molecule has 0 fully saturated rings. The topological polar surface area (TPSA) is 68.3 Å². The van der Waals surface area contributed by atoms with Gasteiger partial charge in [0, 0.05) is 0 Å². The number of esters is 1. The Kier molecular flexibility index (Phi) is 5.44. The van der Waals surface area contributed by atoms with Gasteiger partial charge in [-0.25, -0.2) is 14.2 Å². The van der Waals surface area contributed by atoms with Crippen molar-refractivity contribution in [3.63, 3.8) is 0 Å².